The van der Waals surface area contributed by atoms with E-state index in [0.29, 0.717) is 5.92 Å². The number of rotatable bonds is 7. The summed E-state index contributed by atoms with van der Waals surface area (Å²) in [5, 5.41) is 3.38. The fourth-order valence-corrected chi connectivity index (χ4v) is 1.44. The van der Waals surface area contributed by atoms with E-state index >= 15 is 0 Å². The van der Waals surface area contributed by atoms with E-state index in [2.05, 4.69) is 5.32 Å². The highest BCUT2D eigenvalue weighted by Crippen LogP contribution is 2.10. The third kappa shape index (κ3) is 5.37. The van der Waals surface area contributed by atoms with Gasteiger partial charge in [0.2, 0.25) is 0 Å². The Morgan fingerprint density at radius 3 is 3.21 bits per heavy atom. The lowest BCUT2D eigenvalue weighted by Gasteiger charge is -2.08. The molecular formula is C11H21NO2. The Hall–Kier alpha value is -0.380. The molecule has 0 aromatic heterocycles. The first-order valence-electron chi connectivity index (χ1n) is 5.41. The quantitative estimate of drug-likeness (QED) is 0.494. The number of hydrogen-bond donors (Lipinski definition) is 1. The molecule has 1 heterocycles. The fourth-order valence-electron chi connectivity index (χ4n) is 1.44. The van der Waals surface area contributed by atoms with Gasteiger partial charge in [-0.2, -0.15) is 0 Å². The maximum atomic E-state index is 5.36. The van der Waals surface area contributed by atoms with Crippen LogP contribution in [0.25, 0.3) is 0 Å². The molecule has 1 saturated heterocycles. The van der Waals surface area contributed by atoms with Gasteiger partial charge >= 0.3 is 0 Å². The maximum absolute atomic E-state index is 5.36. The first kappa shape index (κ1) is 11.7. The number of ether oxygens (including phenoxy) is 2. The van der Waals surface area contributed by atoms with Crippen LogP contribution in [0, 0.1) is 5.92 Å². The van der Waals surface area contributed by atoms with Crippen molar-refractivity contribution in [3.8, 4) is 0 Å². The Kier molecular flexibility index (Phi) is 6.66. The van der Waals surface area contributed by atoms with Crippen LogP contribution in [0.2, 0.25) is 0 Å². The molecule has 82 valence electrons. The number of nitrogens with one attached hydrogen (secondary N) is 1. The molecule has 0 aliphatic carbocycles. The highest BCUT2D eigenvalue weighted by molar-refractivity contribution is 4.75. The molecule has 0 amide bonds. The molecule has 0 spiro atoms. The second kappa shape index (κ2) is 7.97. The van der Waals surface area contributed by atoms with Crippen LogP contribution in [-0.4, -0.2) is 39.5 Å². The van der Waals surface area contributed by atoms with Gasteiger partial charge in [0.25, 0.3) is 0 Å². The second-order valence-electron chi connectivity index (χ2n) is 3.58. The molecule has 1 aliphatic rings. The molecule has 1 unspecified atom stereocenters. The van der Waals surface area contributed by atoms with Gasteiger partial charge in [-0.25, -0.2) is 0 Å². The summed E-state index contributed by atoms with van der Waals surface area (Å²) in [4.78, 5) is 0. The molecule has 1 aliphatic heterocycles. The van der Waals surface area contributed by atoms with Gasteiger partial charge in [0.05, 0.1) is 19.8 Å². The largest absolute Gasteiger partial charge is 0.381 e. The van der Waals surface area contributed by atoms with Gasteiger partial charge in [0, 0.05) is 19.7 Å². The minimum absolute atomic E-state index is 0.713. The first-order chi connectivity index (χ1) is 6.93. The molecule has 0 bridgehead atoms. The predicted octanol–water partition coefficient (Wildman–Crippen LogP) is 1.21. The second-order valence-corrected chi connectivity index (χ2v) is 3.58. The van der Waals surface area contributed by atoms with Crippen LogP contribution >= 0.6 is 0 Å². The maximum Gasteiger partial charge on any atom is 0.0647 e. The van der Waals surface area contributed by atoms with Gasteiger partial charge in [-0.3, -0.25) is 0 Å². The summed E-state index contributed by atoms with van der Waals surface area (Å²) < 4.78 is 10.6. The molecular weight excluding hydrogens is 178 g/mol. The lowest BCUT2D eigenvalue weighted by Crippen LogP contribution is -2.26. The van der Waals surface area contributed by atoms with Crippen LogP contribution < -0.4 is 5.32 Å². The van der Waals surface area contributed by atoms with Crippen molar-refractivity contribution >= 4 is 0 Å². The van der Waals surface area contributed by atoms with Gasteiger partial charge in [-0.15, -0.1) is 0 Å². The van der Waals surface area contributed by atoms with Crippen molar-refractivity contribution in [3.63, 3.8) is 0 Å². The highest BCUT2D eigenvalue weighted by atomic mass is 16.5. The van der Waals surface area contributed by atoms with E-state index in [-0.39, 0.29) is 0 Å². The Balaban J connectivity index is 1.79. The fraction of sp³-hybridized carbons (Fsp3) is 0.818. The van der Waals surface area contributed by atoms with Crippen molar-refractivity contribution in [2.75, 3.05) is 39.5 Å². The van der Waals surface area contributed by atoms with Gasteiger partial charge in [-0.05, 0) is 19.3 Å². The first-order valence-corrected chi connectivity index (χ1v) is 5.41. The zero-order valence-electron chi connectivity index (χ0n) is 9.00. The van der Waals surface area contributed by atoms with Gasteiger partial charge < -0.3 is 14.8 Å². The molecule has 1 N–H and O–H groups in total. The van der Waals surface area contributed by atoms with E-state index in [9.17, 15) is 0 Å². The van der Waals surface area contributed by atoms with E-state index in [0.717, 1.165) is 39.5 Å². The van der Waals surface area contributed by atoms with Crippen molar-refractivity contribution in [1.29, 1.82) is 0 Å². The third-order valence-electron chi connectivity index (χ3n) is 2.33. The topological polar surface area (TPSA) is 30.5 Å². The zero-order chi connectivity index (χ0) is 10.1. The van der Waals surface area contributed by atoms with E-state index in [4.69, 9.17) is 9.47 Å². The molecule has 3 heteroatoms. The monoisotopic (exact) mass is 199 g/mol. The predicted molar refractivity (Wildman–Crippen MR) is 57.4 cm³/mol. The number of hydrogen-bond acceptors (Lipinski definition) is 3. The molecule has 0 aromatic carbocycles. The van der Waals surface area contributed by atoms with Crippen molar-refractivity contribution in [2.24, 2.45) is 5.92 Å². The minimum Gasteiger partial charge on any atom is -0.381 e. The van der Waals surface area contributed by atoms with E-state index in [1.807, 2.05) is 19.1 Å². The van der Waals surface area contributed by atoms with Crippen LogP contribution in [0.3, 0.4) is 0 Å². The van der Waals surface area contributed by atoms with Crippen molar-refractivity contribution < 1.29 is 9.47 Å². The molecule has 0 aromatic rings. The summed E-state index contributed by atoms with van der Waals surface area (Å²) in [7, 11) is 0. The molecule has 0 saturated carbocycles. The van der Waals surface area contributed by atoms with Crippen molar-refractivity contribution in [1.82, 2.24) is 5.32 Å². The Morgan fingerprint density at radius 2 is 2.50 bits per heavy atom. The van der Waals surface area contributed by atoms with Gasteiger partial charge in [-0.1, -0.05) is 12.2 Å². The van der Waals surface area contributed by atoms with E-state index < -0.39 is 0 Å². The molecule has 1 fully saturated rings. The SMILES string of the molecule is CC=CCOCCNCC1CCOC1. The summed E-state index contributed by atoms with van der Waals surface area (Å²) >= 11 is 0. The van der Waals surface area contributed by atoms with Crippen LogP contribution in [-0.2, 0) is 9.47 Å². The molecule has 3 nitrogen and oxygen atoms in total. The van der Waals surface area contributed by atoms with Gasteiger partial charge in [0.15, 0.2) is 0 Å². The lowest BCUT2D eigenvalue weighted by atomic mass is 10.1. The number of allylic oxidation sites excluding steroid dienone is 1. The Bertz CT molecular complexity index is 153. The van der Waals surface area contributed by atoms with Crippen LogP contribution in [0.15, 0.2) is 12.2 Å². The molecule has 1 atom stereocenters. The van der Waals surface area contributed by atoms with Crippen LogP contribution in [0.4, 0.5) is 0 Å². The zero-order valence-corrected chi connectivity index (χ0v) is 9.00. The van der Waals surface area contributed by atoms with Crippen molar-refractivity contribution in [3.05, 3.63) is 12.2 Å². The normalized spacial score (nSPS) is 22.2. The minimum atomic E-state index is 0.713. The standard InChI is InChI=1S/C11H21NO2/c1-2-3-6-13-8-5-12-9-11-4-7-14-10-11/h2-3,11-12H,4-10H2,1H3. The van der Waals surface area contributed by atoms with Crippen molar-refractivity contribution in [2.45, 2.75) is 13.3 Å². The van der Waals surface area contributed by atoms with Gasteiger partial charge in [0.1, 0.15) is 0 Å². The van der Waals surface area contributed by atoms with E-state index in [1.54, 1.807) is 0 Å². The molecule has 1 rings (SSSR count). The Morgan fingerprint density at radius 1 is 1.57 bits per heavy atom. The summed E-state index contributed by atoms with van der Waals surface area (Å²) in [6.07, 6.45) is 5.22. The Labute approximate surface area is 86.5 Å². The lowest BCUT2D eigenvalue weighted by molar-refractivity contribution is 0.160. The smallest absolute Gasteiger partial charge is 0.0647 e. The third-order valence-corrected chi connectivity index (χ3v) is 2.33. The summed E-state index contributed by atoms with van der Waals surface area (Å²) in [5.41, 5.74) is 0. The molecule has 0 radical (unpaired) electrons. The van der Waals surface area contributed by atoms with Crippen LogP contribution in [0.1, 0.15) is 13.3 Å². The van der Waals surface area contributed by atoms with E-state index in [1.165, 1.54) is 6.42 Å². The average molecular weight is 199 g/mol. The summed E-state index contributed by atoms with van der Waals surface area (Å²) in [6.45, 7) is 7.38. The van der Waals surface area contributed by atoms with Crippen LogP contribution in [0.5, 0.6) is 0 Å². The highest BCUT2D eigenvalue weighted by Gasteiger charge is 2.14. The summed E-state index contributed by atoms with van der Waals surface area (Å²) in [6, 6.07) is 0. The molecule has 14 heavy (non-hydrogen) atoms. The average Bonchev–Trinajstić information content (AvgIpc) is 2.69. The summed E-state index contributed by atoms with van der Waals surface area (Å²) in [5.74, 6) is 0.713.